The lowest BCUT2D eigenvalue weighted by molar-refractivity contribution is 0.174. The lowest BCUT2D eigenvalue weighted by Gasteiger charge is -2.26. The zero-order chi connectivity index (χ0) is 24.7. The predicted molar refractivity (Wildman–Crippen MR) is 138 cm³/mol. The Kier molecular flexibility index (Phi) is 5.73. The molecule has 0 aliphatic carbocycles. The van der Waals surface area contributed by atoms with Gasteiger partial charge in [-0.05, 0) is 43.5 Å². The molecule has 0 saturated carbocycles. The Labute approximate surface area is 209 Å². The van der Waals surface area contributed by atoms with E-state index >= 15 is 0 Å². The Morgan fingerprint density at radius 2 is 1.64 bits per heavy atom. The van der Waals surface area contributed by atoms with Crippen LogP contribution in [0.4, 0.5) is 11.5 Å². The smallest absolute Gasteiger partial charge is 0.243 e. The minimum Gasteiger partial charge on any atom is -0.454 e. The number of aryl methyl sites for hydroxylation is 1. The third kappa shape index (κ3) is 4.04. The molecule has 0 spiro atoms. The van der Waals surface area contributed by atoms with Gasteiger partial charge in [-0.2, -0.15) is 4.31 Å². The number of piperidine rings is 1. The van der Waals surface area contributed by atoms with Crippen molar-refractivity contribution in [3.63, 3.8) is 0 Å². The summed E-state index contributed by atoms with van der Waals surface area (Å²) in [7, 11) is -3.58. The third-order valence-corrected chi connectivity index (χ3v) is 8.76. The predicted octanol–water partition coefficient (Wildman–Crippen LogP) is 5.25. The zero-order valence-corrected chi connectivity index (χ0v) is 20.7. The van der Waals surface area contributed by atoms with Crippen LogP contribution in [0.5, 0.6) is 11.5 Å². The second kappa shape index (κ2) is 9.07. The molecule has 36 heavy (non-hydrogen) atoms. The summed E-state index contributed by atoms with van der Waals surface area (Å²) in [6.45, 7) is 3.18. The fraction of sp³-hybridized carbons (Fsp3) is 0.259. The van der Waals surface area contributed by atoms with Crippen LogP contribution in [0.25, 0.3) is 22.0 Å². The highest BCUT2D eigenvalue weighted by Gasteiger charge is 2.28. The summed E-state index contributed by atoms with van der Waals surface area (Å²) in [5.41, 5.74) is 2.88. The molecule has 1 aromatic heterocycles. The Bertz CT molecular complexity index is 1570. The molecule has 0 atom stereocenters. The molecular weight excluding hydrogens is 476 g/mol. The number of hydrogen-bond acceptors (Lipinski definition) is 7. The van der Waals surface area contributed by atoms with E-state index in [0.717, 1.165) is 46.8 Å². The van der Waals surface area contributed by atoms with Crippen molar-refractivity contribution in [2.45, 2.75) is 31.1 Å². The molecule has 2 aliphatic heterocycles. The monoisotopic (exact) mass is 502 g/mol. The van der Waals surface area contributed by atoms with Crippen LogP contribution >= 0.6 is 0 Å². The minimum atomic E-state index is -3.58. The molecule has 1 N–H and O–H groups in total. The SMILES string of the molecule is Cc1ccc(-c2nnc(Nc3ccc4c(c3)OCO4)c3ccccc23)cc1S(=O)(=O)N1CCCCC1. The highest BCUT2D eigenvalue weighted by molar-refractivity contribution is 7.89. The van der Waals surface area contributed by atoms with Gasteiger partial charge < -0.3 is 14.8 Å². The van der Waals surface area contributed by atoms with Crippen LogP contribution < -0.4 is 14.8 Å². The van der Waals surface area contributed by atoms with Gasteiger partial charge in [-0.25, -0.2) is 8.42 Å². The average Bonchev–Trinajstić information content (AvgIpc) is 3.38. The number of benzene rings is 3. The van der Waals surface area contributed by atoms with Crippen molar-refractivity contribution in [2.24, 2.45) is 0 Å². The number of fused-ring (bicyclic) bond motifs is 2. The van der Waals surface area contributed by atoms with Crippen LogP contribution in [0.2, 0.25) is 0 Å². The van der Waals surface area contributed by atoms with Gasteiger partial charge in [0.2, 0.25) is 16.8 Å². The molecule has 0 amide bonds. The molecule has 184 valence electrons. The Morgan fingerprint density at radius 1 is 0.861 bits per heavy atom. The van der Waals surface area contributed by atoms with Crippen molar-refractivity contribution in [3.05, 3.63) is 66.2 Å². The average molecular weight is 503 g/mol. The molecular formula is C27H26N4O4S. The Morgan fingerprint density at radius 3 is 2.47 bits per heavy atom. The molecule has 1 saturated heterocycles. The standard InChI is InChI=1S/C27H26N4O4S/c1-18-9-10-19(15-25(18)36(32,33)31-13-5-2-6-14-31)26-21-7-3-4-8-22(21)27(30-29-26)28-20-11-12-23-24(16-20)35-17-34-23/h3-4,7-12,15-16H,2,5-6,13-14,17H2,1H3,(H,28,30). The molecule has 3 aromatic carbocycles. The maximum Gasteiger partial charge on any atom is 0.243 e. The quantitative estimate of drug-likeness (QED) is 0.398. The number of nitrogens with one attached hydrogen (secondary N) is 1. The summed E-state index contributed by atoms with van der Waals surface area (Å²) >= 11 is 0. The summed E-state index contributed by atoms with van der Waals surface area (Å²) in [6.07, 6.45) is 2.86. The second-order valence-corrected chi connectivity index (χ2v) is 11.0. The number of sulfonamides is 1. The van der Waals surface area contributed by atoms with E-state index in [-0.39, 0.29) is 6.79 Å². The molecule has 2 aliphatic rings. The number of aromatic nitrogens is 2. The van der Waals surface area contributed by atoms with E-state index < -0.39 is 10.0 Å². The van der Waals surface area contributed by atoms with Gasteiger partial charge in [-0.1, -0.05) is 42.8 Å². The summed E-state index contributed by atoms with van der Waals surface area (Å²) in [4.78, 5) is 0.329. The summed E-state index contributed by atoms with van der Waals surface area (Å²) in [5.74, 6) is 1.99. The minimum absolute atomic E-state index is 0.211. The van der Waals surface area contributed by atoms with Crippen molar-refractivity contribution in [1.29, 1.82) is 0 Å². The van der Waals surface area contributed by atoms with Gasteiger partial charge in [0.25, 0.3) is 0 Å². The first-order valence-corrected chi connectivity index (χ1v) is 13.5. The van der Waals surface area contributed by atoms with Crippen molar-refractivity contribution >= 4 is 32.3 Å². The largest absolute Gasteiger partial charge is 0.454 e. The van der Waals surface area contributed by atoms with Crippen molar-refractivity contribution < 1.29 is 17.9 Å². The lowest BCUT2D eigenvalue weighted by Crippen LogP contribution is -2.35. The lowest BCUT2D eigenvalue weighted by atomic mass is 10.0. The Balaban J connectivity index is 1.40. The third-order valence-electron chi connectivity index (χ3n) is 6.72. The van der Waals surface area contributed by atoms with Crippen molar-refractivity contribution in [1.82, 2.24) is 14.5 Å². The molecule has 0 unspecified atom stereocenters. The molecule has 6 rings (SSSR count). The summed E-state index contributed by atoms with van der Waals surface area (Å²) in [5, 5.41) is 14.1. The van der Waals surface area contributed by atoms with Gasteiger partial charge in [-0.3, -0.25) is 0 Å². The highest BCUT2D eigenvalue weighted by Crippen LogP contribution is 2.37. The van der Waals surface area contributed by atoms with E-state index in [1.807, 2.05) is 61.5 Å². The van der Waals surface area contributed by atoms with Gasteiger partial charge in [0.05, 0.1) is 4.90 Å². The van der Waals surface area contributed by atoms with Gasteiger partial charge in [-0.15, -0.1) is 10.2 Å². The first kappa shape index (κ1) is 22.8. The first-order chi connectivity index (χ1) is 17.5. The van der Waals surface area contributed by atoms with Gasteiger partial charge in [0.1, 0.15) is 5.69 Å². The fourth-order valence-corrected chi connectivity index (χ4v) is 6.56. The highest BCUT2D eigenvalue weighted by atomic mass is 32.2. The second-order valence-electron chi connectivity index (χ2n) is 9.08. The molecule has 4 aromatic rings. The summed E-state index contributed by atoms with van der Waals surface area (Å²) < 4.78 is 39.4. The van der Waals surface area contributed by atoms with E-state index in [2.05, 4.69) is 15.5 Å². The van der Waals surface area contributed by atoms with Gasteiger partial charge >= 0.3 is 0 Å². The van der Waals surface area contributed by atoms with Crippen LogP contribution in [0.15, 0.2) is 65.6 Å². The van der Waals surface area contributed by atoms with E-state index in [0.29, 0.717) is 41.0 Å². The first-order valence-electron chi connectivity index (χ1n) is 12.0. The molecule has 3 heterocycles. The maximum absolute atomic E-state index is 13.5. The van der Waals surface area contributed by atoms with Crippen LogP contribution in [0, 0.1) is 6.92 Å². The topological polar surface area (TPSA) is 93.6 Å². The van der Waals surface area contributed by atoms with Crippen molar-refractivity contribution in [2.75, 3.05) is 25.2 Å². The van der Waals surface area contributed by atoms with Crippen LogP contribution in [-0.2, 0) is 10.0 Å². The fourth-order valence-electron chi connectivity index (χ4n) is 4.79. The molecule has 1 fully saturated rings. The van der Waals surface area contributed by atoms with Crippen LogP contribution in [0.3, 0.4) is 0 Å². The van der Waals surface area contributed by atoms with E-state index in [9.17, 15) is 8.42 Å². The number of rotatable bonds is 5. The van der Waals surface area contributed by atoms with Gasteiger partial charge in [0, 0.05) is 41.2 Å². The number of nitrogens with zero attached hydrogens (tertiary/aromatic N) is 3. The van der Waals surface area contributed by atoms with Crippen molar-refractivity contribution in [3.8, 4) is 22.8 Å². The molecule has 0 bridgehead atoms. The Hall–Kier alpha value is -3.69. The molecule has 0 radical (unpaired) electrons. The zero-order valence-electron chi connectivity index (χ0n) is 19.9. The van der Waals surface area contributed by atoms with E-state index in [1.165, 1.54) is 0 Å². The number of ether oxygens (including phenoxy) is 2. The van der Waals surface area contributed by atoms with E-state index in [1.54, 1.807) is 10.4 Å². The maximum atomic E-state index is 13.5. The molecule has 9 heteroatoms. The van der Waals surface area contributed by atoms with Crippen LogP contribution in [-0.4, -0.2) is 42.8 Å². The molecule has 8 nitrogen and oxygen atoms in total. The van der Waals surface area contributed by atoms with Gasteiger partial charge in [0.15, 0.2) is 17.3 Å². The number of anilines is 2. The van der Waals surface area contributed by atoms with E-state index in [4.69, 9.17) is 9.47 Å². The van der Waals surface area contributed by atoms with Crippen LogP contribution in [0.1, 0.15) is 24.8 Å². The normalized spacial score (nSPS) is 15.8. The number of hydrogen-bond donors (Lipinski definition) is 1. The summed E-state index contributed by atoms with van der Waals surface area (Å²) in [6, 6.07) is 18.9.